The van der Waals surface area contributed by atoms with Gasteiger partial charge in [-0.15, -0.1) is 6.58 Å². The predicted molar refractivity (Wildman–Crippen MR) is 109 cm³/mol. The number of carbonyl (C=O) groups is 2. The van der Waals surface area contributed by atoms with Gasteiger partial charge in [0.15, 0.2) is 0 Å². The highest BCUT2D eigenvalue weighted by atomic mass is 32.2. The van der Waals surface area contributed by atoms with Crippen molar-refractivity contribution in [1.29, 1.82) is 0 Å². The molecule has 1 amide bonds. The van der Waals surface area contributed by atoms with Gasteiger partial charge in [0, 0.05) is 5.56 Å². The minimum absolute atomic E-state index is 0.122. The van der Waals surface area contributed by atoms with Crippen molar-refractivity contribution in [1.82, 2.24) is 0 Å². The van der Waals surface area contributed by atoms with Crippen LogP contribution in [-0.4, -0.2) is 39.7 Å². The second-order valence-corrected chi connectivity index (χ2v) is 7.76. The van der Waals surface area contributed by atoms with Crippen LogP contribution in [0.3, 0.4) is 0 Å². The first-order valence-corrected chi connectivity index (χ1v) is 10.4. The van der Waals surface area contributed by atoms with Crippen LogP contribution in [0.5, 0.6) is 0 Å². The Morgan fingerprint density at radius 2 is 1.79 bits per heavy atom. The molecule has 0 atom stereocenters. The maximum atomic E-state index is 12.5. The number of sulfonamides is 1. The average molecular weight is 402 g/mol. The zero-order valence-corrected chi connectivity index (χ0v) is 16.5. The zero-order valence-electron chi connectivity index (χ0n) is 15.7. The Hall–Kier alpha value is -3.13. The molecular formula is C20H22N2O5S. The van der Waals surface area contributed by atoms with Crippen molar-refractivity contribution in [3.8, 4) is 0 Å². The van der Waals surface area contributed by atoms with Crippen LogP contribution in [0.15, 0.2) is 61.2 Å². The molecule has 0 radical (unpaired) electrons. The fourth-order valence-corrected chi connectivity index (χ4v) is 3.38. The van der Waals surface area contributed by atoms with Crippen LogP contribution in [0.2, 0.25) is 0 Å². The molecule has 0 bridgehead atoms. The number of nitrogens with zero attached hydrogens (tertiary/aromatic N) is 1. The van der Waals surface area contributed by atoms with Gasteiger partial charge in [-0.25, -0.2) is 13.2 Å². The molecule has 0 aliphatic heterocycles. The molecule has 0 heterocycles. The number of hydrogen-bond donors (Lipinski definition) is 1. The number of nitrogens with one attached hydrogen (secondary N) is 1. The highest BCUT2D eigenvalue weighted by Gasteiger charge is 2.18. The summed E-state index contributed by atoms with van der Waals surface area (Å²) in [5.41, 5.74) is 1.32. The second-order valence-electron chi connectivity index (χ2n) is 5.85. The molecule has 0 saturated carbocycles. The van der Waals surface area contributed by atoms with E-state index in [-0.39, 0.29) is 18.7 Å². The third-order valence-electron chi connectivity index (χ3n) is 3.78. The van der Waals surface area contributed by atoms with E-state index in [0.29, 0.717) is 16.9 Å². The van der Waals surface area contributed by atoms with Crippen molar-refractivity contribution in [2.45, 2.75) is 6.92 Å². The first-order valence-electron chi connectivity index (χ1n) is 8.54. The Balaban J connectivity index is 2.23. The molecule has 28 heavy (non-hydrogen) atoms. The summed E-state index contributed by atoms with van der Waals surface area (Å²) >= 11 is 0. The molecule has 1 N–H and O–H groups in total. The summed E-state index contributed by atoms with van der Waals surface area (Å²) in [6.45, 7) is 5.61. The Morgan fingerprint density at radius 1 is 1.14 bits per heavy atom. The lowest BCUT2D eigenvalue weighted by Gasteiger charge is -2.20. The van der Waals surface area contributed by atoms with E-state index in [2.05, 4.69) is 11.9 Å². The van der Waals surface area contributed by atoms with Crippen LogP contribution in [0, 0.1) is 0 Å². The molecule has 0 unspecified atom stereocenters. The van der Waals surface area contributed by atoms with Crippen molar-refractivity contribution >= 4 is 33.3 Å². The molecule has 2 aromatic rings. The molecule has 0 aliphatic carbocycles. The number of para-hydroxylation sites is 1. The highest BCUT2D eigenvalue weighted by Crippen LogP contribution is 2.21. The maximum absolute atomic E-state index is 12.5. The number of amides is 1. The summed E-state index contributed by atoms with van der Waals surface area (Å²) in [4.78, 5) is 24.6. The van der Waals surface area contributed by atoms with Gasteiger partial charge in [0.2, 0.25) is 10.0 Å². The van der Waals surface area contributed by atoms with E-state index in [0.717, 1.165) is 6.26 Å². The minimum Gasteiger partial charge on any atom is -0.462 e. The molecule has 7 nitrogen and oxygen atoms in total. The lowest BCUT2D eigenvalue weighted by molar-refractivity contribution is 0.0527. The van der Waals surface area contributed by atoms with E-state index in [9.17, 15) is 18.0 Å². The Morgan fingerprint density at radius 3 is 2.36 bits per heavy atom. The van der Waals surface area contributed by atoms with Crippen molar-refractivity contribution in [3.63, 3.8) is 0 Å². The van der Waals surface area contributed by atoms with Gasteiger partial charge >= 0.3 is 5.97 Å². The number of benzene rings is 2. The molecule has 0 aliphatic rings. The van der Waals surface area contributed by atoms with Gasteiger partial charge in [0.25, 0.3) is 5.91 Å². The summed E-state index contributed by atoms with van der Waals surface area (Å²) in [5.74, 6) is -0.958. The monoisotopic (exact) mass is 402 g/mol. The van der Waals surface area contributed by atoms with Gasteiger partial charge in [0.05, 0.1) is 36.3 Å². The van der Waals surface area contributed by atoms with Crippen molar-refractivity contribution < 1.29 is 22.7 Å². The standard InChI is InChI=1S/C20H22N2O5S/c1-4-14-22(28(3,25)26)16-12-10-15(11-13-16)19(23)21-18-9-7-6-8-17(18)20(24)27-5-2/h4,6-13H,1,5,14H2,2-3H3,(H,21,23). The molecular weight excluding hydrogens is 380 g/mol. The van der Waals surface area contributed by atoms with Crippen LogP contribution < -0.4 is 9.62 Å². The quantitative estimate of drug-likeness (QED) is 0.541. The fourth-order valence-electron chi connectivity index (χ4n) is 2.50. The summed E-state index contributed by atoms with van der Waals surface area (Å²) in [6, 6.07) is 12.6. The number of anilines is 2. The highest BCUT2D eigenvalue weighted by molar-refractivity contribution is 7.92. The van der Waals surface area contributed by atoms with Crippen LogP contribution in [-0.2, 0) is 14.8 Å². The SMILES string of the molecule is C=CCN(c1ccc(C(=O)Nc2ccccc2C(=O)OCC)cc1)S(C)(=O)=O. The van der Waals surface area contributed by atoms with Crippen molar-refractivity contribution in [2.24, 2.45) is 0 Å². The second kappa shape index (κ2) is 9.18. The van der Waals surface area contributed by atoms with Crippen LogP contribution in [0.4, 0.5) is 11.4 Å². The van der Waals surface area contributed by atoms with E-state index in [1.54, 1.807) is 31.2 Å². The Kier molecular flexibility index (Phi) is 6.94. The van der Waals surface area contributed by atoms with Crippen molar-refractivity contribution in [2.75, 3.05) is 29.0 Å². The third-order valence-corrected chi connectivity index (χ3v) is 4.94. The fraction of sp³-hybridized carbons (Fsp3) is 0.200. The van der Waals surface area contributed by atoms with E-state index >= 15 is 0 Å². The Labute approximate surface area is 164 Å². The number of rotatable bonds is 8. The molecule has 2 aromatic carbocycles. The number of carbonyl (C=O) groups excluding carboxylic acids is 2. The normalized spacial score (nSPS) is 10.8. The first kappa shape index (κ1) is 21.2. The van der Waals surface area contributed by atoms with Gasteiger partial charge in [-0.3, -0.25) is 9.10 Å². The minimum atomic E-state index is -3.47. The maximum Gasteiger partial charge on any atom is 0.340 e. The molecule has 8 heteroatoms. The molecule has 0 fully saturated rings. The van der Waals surface area contributed by atoms with Crippen LogP contribution >= 0.6 is 0 Å². The van der Waals surface area contributed by atoms with E-state index in [1.807, 2.05) is 0 Å². The molecule has 0 spiro atoms. The third kappa shape index (κ3) is 5.20. The van der Waals surface area contributed by atoms with Gasteiger partial charge in [0.1, 0.15) is 0 Å². The largest absolute Gasteiger partial charge is 0.462 e. The van der Waals surface area contributed by atoms with E-state index in [4.69, 9.17) is 4.74 Å². The van der Waals surface area contributed by atoms with Gasteiger partial charge in [-0.1, -0.05) is 18.2 Å². The molecule has 148 valence electrons. The molecule has 2 rings (SSSR count). The molecule has 0 aromatic heterocycles. The topological polar surface area (TPSA) is 92.8 Å². The van der Waals surface area contributed by atoms with E-state index < -0.39 is 21.9 Å². The number of hydrogen-bond acceptors (Lipinski definition) is 5. The lowest BCUT2D eigenvalue weighted by atomic mass is 10.1. The van der Waals surface area contributed by atoms with Crippen molar-refractivity contribution in [3.05, 3.63) is 72.3 Å². The summed E-state index contributed by atoms with van der Waals surface area (Å²) in [7, 11) is -3.47. The smallest absolute Gasteiger partial charge is 0.340 e. The summed E-state index contributed by atoms with van der Waals surface area (Å²) in [6.07, 6.45) is 2.58. The lowest BCUT2D eigenvalue weighted by Crippen LogP contribution is -2.29. The average Bonchev–Trinajstić information content (AvgIpc) is 2.66. The predicted octanol–water partition coefficient (Wildman–Crippen LogP) is 3.07. The van der Waals surface area contributed by atoms with Crippen LogP contribution in [0.25, 0.3) is 0 Å². The van der Waals surface area contributed by atoms with E-state index in [1.165, 1.54) is 34.6 Å². The molecule has 0 saturated heterocycles. The van der Waals surface area contributed by atoms with Gasteiger partial charge in [-0.2, -0.15) is 0 Å². The summed E-state index contributed by atoms with van der Waals surface area (Å²) in [5, 5.41) is 2.68. The summed E-state index contributed by atoms with van der Waals surface area (Å²) < 4.78 is 30.0. The van der Waals surface area contributed by atoms with Gasteiger partial charge in [-0.05, 0) is 43.3 Å². The first-order chi connectivity index (χ1) is 13.3. The Bertz CT molecular complexity index is 968. The number of esters is 1. The van der Waals surface area contributed by atoms with Crippen LogP contribution in [0.1, 0.15) is 27.6 Å². The number of ether oxygens (including phenoxy) is 1. The van der Waals surface area contributed by atoms with Gasteiger partial charge < -0.3 is 10.1 Å². The zero-order chi connectivity index (χ0) is 20.7.